The Kier molecular flexibility index (Phi) is 9.00. The third kappa shape index (κ3) is 5.71. The first-order chi connectivity index (χ1) is 15.4. The molecule has 0 saturated heterocycles. The van der Waals surface area contributed by atoms with E-state index in [1.807, 2.05) is 36.0 Å². The molecule has 0 aliphatic carbocycles. The van der Waals surface area contributed by atoms with Crippen LogP contribution < -0.4 is 4.74 Å². The lowest BCUT2D eigenvalue weighted by atomic mass is 9.98. The molecular weight excluding hydrogens is 421 g/mol. The van der Waals surface area contributed by atoms with Crippen molar-refractivity contribution in [1.82, 2.24) is 4.57 Å². The molecule has 0 spiro atoms. The zero-order valence-electron chi connectivity index (χ0n) is 18.9. The van der Waals surface area contributed by atoms with Gasteiger partial charge in [0.1, 0.15) is 17.1 Å². The van der Waals surface area contributed by atoms with E-state index >= 15 is 0 Å². The molecule has 0 aliphatic rings. The summed E-state index contributed by atoms with van der Waals surface area (Å²) in [5, 5.41) is 0. The number of hydrogen-bond acceptors (Lipinski definition) is 4. The van der Waals surface area contributed by atoms with Gasteiger partial charge in [-0.05, 0) is 55.2 Å². The predicted molar refractivity (Wildman–Crippen MR) is 130 cm³/mol. The third-order valence-corrected chi connectivity index (χ3v) is 5.21. The molecule has 5 nitrogen and oxygen atoms in total. The van der Waals surface area contributed by atoms with Crippen molar-refractivity contribution < 1.29 is 23.4 Å². The fourth-order valence-corrected chi connectivity index (χ4v) is 3.36. The van der Waals surface area contributed by atoms with Gasteiger partial charge in [-0.3, -0.25) is 0 Å². The van der Waals surface area contributed by atoms with Crippen molar-refractivity contribution in [3.8, 4) is 22.6 Å². The Labute approximate surface area is 195 Å². The van der Waals surface area contributed by atoms with Crippen LogP contribution in [-0.4, -0.2) is 31.0 Å². The van der Waals surface area contributed by atoms with E-state index in [0.29, 0.717) is 16.9 Å². The number of methoxy groups -OCH3 is 1. The Morgan fingerprint density at radius 1 is 1.09 bits per heavy atom. The maximum Gasteiger partial charge on any atom is 0.341 e. The molecule has 1 heterocycles. The molecule has 6 heteroatoms. The predicted octanol–water partition coefficient (Wildman–Crippen LogP) is 6.81. The second-order valence-electron chi connectivity index (χ2n) is 7.37. The van der Waals surface area contributed by atoms with Gasteiger partial charge in [0.2, 0.25) is 0 Å². The minimum atomic E-state index is -0.464. The maximum absolute atomic E-state index is 14.3. The highest BCUT2D eigenvalue weighted by molar-refractivity contribution is 5.93. The van der Waals surface area contributed by atoms with Crippen LogP contribution in [0, 0.1) is 12.7 Å². The fourth-order valence-electron chi connectivity index (χ4n) is 3.36. The zero-order valence-corrected chi connectivity index (χ0v) is 18.9. The van der Waals surface area contributed by atoms with Gasteiger partial charge in [-0.2, -0.15) is 0 Å². The van der Waals surface area contributed by atoms with Gasteiger partial charge in [-0.15, -0.1) is 0 Å². The van der Waals surface area contributed by atoms with Crippen LogP contribution in [0.15, 0.2) is 55.4 Å². The lowest BCUT2D eigenvalue weighted by Gasteiger charge is -2.12. The first-order valence-electron chi connectivity index (χ1n) is 10.5. The number of allylic oxidation sites excluding steroid dienone is 1. The number of halogens is 1. The van der Waals surface area contributed by atoms with Gasteiger partial charge < -0.3 is 18.8 Å². The SMILES string of the molecule is C.C=C(CC)c1cn(-c2ccc(C(=O)OCC)c(OCOC)c2)cc1-c1ccc(C)c(F)c1. The fraction of sp³-hybridized carbons (Fsp3) is 0.296. The molecule has 0 N–H and O–H groups in total. The minimum absolute atomic E-state index is 0. The molecule has 0 atom stereocenters. The number of rotatable bonds is 9. The monoisotopic (exact) mass is 453 g/mol. The molecule has 0 saturated carbocycles. The van der Waals surface area contributed by atoms with E-state index < -0.39 is 5.97 Å². The second-order valence-corrected chi connectivity index (χ2v) is 7.37. The topological polar surface area (TPSA) is 49.7 Å². The summed E-state index contributed by atoms with van der Waals surface area (Å²) in [6, 6.07) is 10.4. The molecule has 176 valence electrons. The molecule has 0 radical (unpaired) electrons. The minimum Gasteiger partial charge on any atom is -0.467 e. The van der Waals surface area contributed by atoms with Crippen LogP contribution in [0.3, 0.4) is 0 Å². The van der Waals surface area contributed by atoms with Crippen molar-refractivity contribution >= 4 is 11.5 Å². The van der Waals surface area contributed by atoms with Gasteiger partial charge in [-0.1, -0.05) is 33.1 Å². The summed E-state index contributed by atoms with van der Waals surface area (Å²) in [6.07, 6.45) is 4.65. The van der Waals surface area contributed by atoms with E-state index in [1.165, 1.54) is 7.11 Å². The highest BCUT2D eigenvalue weighted by Gasteiger charge is 2.17. The van der Waals surface area contributed by atoms with Gasteiger partial charge in [0.05, 0.1) is 6.61 Å². The lowest BCUT2D eigenvalue weighted by molar-refractivity contribution is 0.0438. The Balaban J connectivity index is 0.00000385. The molecule has 0 aliphatic heterocycles. The summed E-state index contributed by atoms with van der Waals surface area (Å²) in [5.41, 5.74) is 5.22. The number of hydrogen-bond donors (Lipinski definition) is 0. The molecule has 0 amide bonds. The first-order valence-corrected chi connectivity index (χ1v) is 10.5. The largest absolute Gasteiger partial charge is 0.467 e. The molecular formula is C27H32FNO4. The van der Waals surface area contributed by atoms with Crippen LogP contribution >= 0.6 is 0 Å². The number of benzene rings is 2. The Morgan fingerprint density at radius 3 is 2.48 bits per heavy atom. The van der Waals surface area contributed by atoms with Gasteiger partial charge in [0.15, 0.2) is 6.79 Å². The van der Waals surface area contributed by atoms with Crippen LogP contribution in [0.5, 0.6) is 5.75 Å². The first kappa shape index (κ1) is 25.9. The summed E-state index contributed by atoms with van der Waals surface area (Å²) in [5.74, 6) is -0.360. The van der Waals surface area contributed by atoms with E-state index in [4.69, 9.17) is 14.2 Å². The molecule has 33 heavy (non-hydrogen) atoms. The van der Waals surface area contributed by atoms with Crippen LogP contribution in [-0.2, 0) is 9.47 Å². The Hall–Kier alpha value is -3.38. The molecule has 0 bridgehead atoms. The third-order valence-electron chi connectivity index (χ3n) is 5.21. The number of nitrogens with zero attached hydrogens (tertiary/aromatic N) is 1. The summed E-state index contributed by atoms with van der Waals surface area (Å²) >= 11 is 0. The second kappa shape index (κ2) is 11.5. The Bertz CT molecular complexity index is 1130. The molecule has 1 aromatic heterocycles. The summed E-state index contributed by atoms with van der Waals surface area (Å²) in [6.45, 7) is 9.96. The van der Waals surface area contributed by atoms with Crippen molar-refractivity contribution in [3.05, 3.63) is 77.9 Å². The van der Waals surface area contributed by atoms with E-state index in [1.54, 1.807) is 38.1 Å². The normalized spacial score (nSPS) is 10.5. The quantitative estimate of drug-likeness (QED) is 0.264. The van der Waals surface area contributed by atoms with Gasteiger partial charge in [0, 0.05) is 42.4 Å². The summed E-state index contributed by atoms with van der Waals surface area (Å²) in [7, 11) is 1.51. The molecule has 0 fully saturated rings. The molecule has 3 rings (SSSR count). The van der Waals surface area contributed by atoms with E-state index in [9.17, 15) is 9.18 Å². The van der Waals surface area contributed by atoms with Crippen molar-refractivity contribution in [3.63, 3.8) is 0 Å². The number of ether oxygens (including phenoxy) is 3. The average molecular weight is 454 g/mol. The van der Waals surface area contributed by atoms with Crippen LogP contribution in [0.2, 0.25) is 0 Å². The molecule has 2 aromatic carbocycles. The lowest BCUT2D eigenvalue weighted by Crippen LogP contribution is -2.10. The van der Waals surface area contributed by atoms with E-state index in [-0.39, 0.29) is 26.6 Å². The number of aromatic nitrogens is 1. The van der Waals surface area contributed by atoms with E-state index in [0.717, 1.165) is 34.4 Å². The standard InChI is InChI=1S/C26H28FNO4.CH4/c1-6-17(3)22-14-28(15-23(22)19-9-8-18(4)24(27)12-19)20-10-11-21(26(29)31-7-2)25(13-20)32-16-30-5;/h8-15H,3,6-7,16H2,1-2,4-5H3;1H4. The summed E-state index contributed by atoms with van der Waals surface area (Å²) < 4.78 is 31.9. The smallest absolute Gasteiger partial charge is 0.341 e. The summed E-state index contributed by atoms with van der Waals surface area (Å²) in [4.78, 5) is 12.3. The maximum atomic E-state index is 14.3. The van der Waals surface area contributed by atoms with Gasteiger partial charge in [-0.25, -0.2) is 9.18 Å². The van der Waals surface area contributed by atoms with Crippen LogP contribution in [0.4, 0.5) is 4.39 Å². The van der Waals surface area contributed by atoms with Gasteiger partial charge >= 0.3 is 5.97 Å². The van der Waals surface area contributed by atoms with Crippen LogP contribution in [0.1, 0.15) is 49.2 Å². The highest BCUT2D eigenvalue weighted by atomic mass is 19.1. The number of carbonyl (C=O) groups excluding carboxylic acids is 1. The highest BCUT2D eigenvalue weighted by Crippen LogP contribution is 2.34. The van der Waals surface area contributed by atoms with E-state index in [2.05, 4.69) is 6.58 Å². The average Bonchev–Trinajstić information content (AvgIpc) is 3.24. The molecule has 0 unspecified atom stereocenters. The van der Waals surface area contributed by atoms with Crippen molar-refractivity contribution in [2.24, 2.45) is 0 Å². The number of esters is 1. The van der Waals surface area contributed by atoms with Gasteiger partial charge in [0.25, 0.3) is 0 Å². The number of aryl methyl sites for hydroxylation is 1. The van der Waals surface area contributed by atoms with Crippen molar-refractivity contribution in [1.29, 1.82) is 0 Å². The molecule has 3 aromatic rings. The van der Waals surface area contributed by atoms with Crippen molar-refractivity contribution in [2.75, 3.05) is 20.5 Å². The zero-order chi connectivity index (χ0) is 23.3. The number of carbonyl (C=O) groups is 1. The van der Waals surface area contributed by atoms with Crippen LogP contribution in [0.25, 0.3) is 22.4 Å². The van der Waals surface area contributed by atoms with Crippen molar-refractivity contribution in [2.45, 2.75) is 34.6 Å². The Morgan fingerprint density at radius 2 is 1.85 bits per heavy atom.